The van der Waals surface area contributed by atoms with Gasteiger partial charge in [0.15, 0.2) is 10.9 Å². The van der Waals surface area contributed by atoms with Crippen molar-refractivity contribution in [1.82, 2.24) is 9.78 Å². The second-order valence-electron chi connectivity index (χ2n) is 4.64. The van der Waals surface area contributed by atoms with E-state index in [0.717, 1.165) is 25.0 Å². The molecule has 0 unspecified atom stereocenters. The van der Waals surface area contributed by atoms with Crippen molar-refractivity contribution in [3.63, 3.8) is 0 Å². The van der Waals surface area contributed by atoms with Crippen molar-refractivity contribution in [3.8, 4) is 0 Å². The highest BCUT2D eigenvalue weighted by atomic mass is 32.1. The molecule has 0 aliphatic heterocycles. The molecule has 2 rings (SSSR count). The van der Waals surface area contributed by atoms with Crippen LogP contribution in [-0.4, -0.2) is 14.9 Å². The number of thiocarbonyl (C=S) groups is 1. The Hall–Kier alpha value is -1.83. The summed E-state index contributed by atoms with van der Waals surface area (Å²) >= 11 is 4.74. The van der Waals surface area contributed by atoms with Gasteiger partial charge in [0.1, 0.15) is 0 Å². The number of alkyl halides is 3. The zero-order valence-electron chi connectivity index (χ0n) is 11.4. The fraction of sp³-hybridized carbons (Fsp3) is 0.385. The van der Waals surface area contributed by atoms with Gasteiger partial charge in [0.25, 0.3) is 0 Å². The van der Waals surface area contributed by atoms with E-state index in [4.69, 9.17) is 18.0 Å². The minimum absolute atomic E-state index is 0.0329. The Morgan fingerprint density at radius 1 is 1.43 bits per heavy atom. The maximum Gasteiger partial charge on any atom is 0.416 e. The third kappa shape index (κ3) is 3.44. The van der Waals surface area contributed by atoms with E-state index in [-0.39, 0.29) is 10.9 Å². The Morgan fingerprint density at radius 3 is 2.71 bits per heavy atom. The summed E-state index contributed by atoms with van der Waals surface area (Å²) in [7, 11) is 0. The highest BCUT2D eigenvalue weighted by Gasteiger charge is 2.31. The quantitative estimate of drug-likeness (QED) is 0.848. The molecule has 0 aliphatic rings. The summed E-state index contributed by atoms with van der Waals surface area (Å²) < 4.78 is 40.1. The Kier molecular flexibility index (Phi) is 4.36. The minimum atomic E-state index is -4.40. The zero-order chi connectivity index (χ0) is 15.6. The summed E-state index contributed by atoms with van der Waals surface area (Å²) in [6.07, 6.45) is -2.56. The number of hydrogen-bond acceptors (Lipinski definition) is 2. The number of benzene rings is 1. The first-order valence-electron chi connectivity index (χ1n) is 6.47. The predicted octanol–water partition coefficient (Wildman–Crippen LogP) is 3.51. The molecule has 21 heavy (non-hydrogen) atoms. The lowest BCUT2D eigenvalue weighted by atomic mass is 10.1. The molecule has 4 nitrogen and oxygen atoms in total. The van der Waals surface area contributed by atoms with Gasteiger partial charge >= 0.3 is 6.18 Å². The lowest BCUT2D eigenvalue weighted by molar-refractivity contribution is -0.137. The fourth-order valence-corrected chi connectivity index (χ4v) is 2.14. The molecule has 0 bridgehead atoms. The molecular formula is C13H15F3N4S. The Bertz CT molecular complexity index is 663. The molecule has 0 atom stereocenters. The largest absolute Gasteiger partial charge is 0.416 e. The molecule has 0 spiro atoms. The number of nitrogens with one attached hydrogen (secondary N) is 1. The van der Waals surface area contributed by atoms with E-state index in [1.807, 2.05) is 6.92 Å². The van der Waals surface area contributed by atoms with Crippen molar-refractivity contribution in [2.75, 3.05) is 5.32 Å². The highest BCUT2D eigenvalue weighted by Crippen LogP contribution is 2.33. The van der Waals surface area contributed by atoms with E-state index in [1.165, 1.54) is 6.07 Å². The second-order valence-corrected chi connectivity index (χ2v) is 5.08. The van der Waals surface area contributed by atoms with Crippen LogP contribution in [0.2, 0.25) is 0 Å². The lowest BCUT2D eigenvalue weighted by Gasteiger charge is -2.07. The van der Waals surface area contributed by atoms with Gasteiger partial charge in [-0.15, -0.1) is 0 Å². The molecular weight excluding hydrogens is 301 g/mol. The first-order chi connectivity index (χ1) is 9.82. The lowest BCUT2D eigenvalue weighted by Crippen LogP contribution is -2.19. The van der Waals surface area contributed by atoms with Gasteiger partial charge in [-0.2, -0.15) is 18.3 Å². The number of nitrogens with zero attached hydrogens (tertiary/aromatic N) is 2. The normalized spacial score (nSPS) is 11.8. The fourth-order valence-electron chi connectivity index (χ4n) is 2.04. The molecule has 0 fully saturated rings. The topological polar surface area (TPSA) is 55.9 Å². The van der Waals surface area contributed by atoms with Crippen molar-refractivity contribution in [2.24, 2.45) is 5.73 Å². The van der Waals surface area contributed by atoms with Crippen molar-refractivity contribution in [3.05, 3.63) is 23.8 Å². The van der Waals surface area contributed by atoms with E-state index in [0.29, 0.717) is 17.4 Å². The first kappa shape index (κ1) is 15.6. The van der Waals surface area contributed by atoms with Crippen molar-refractivity contribution >= 4 is 34.1 Å². The number of unbranched alkanes of at least 4 members (excludes halogenated alkanes) is 1. The van der Waals surface area contributed by atoms with Crippen molar-refractivity contribution in [1.29, 1.82) is 0 Å². The van der Waals surface area contributed by atoms with E-state index in [1.54, 1.807) is 4.68 Å². The molecule has 0 saturated carbocycles. The van der Waals surface area contributed by atoms with Gasteiger partial charge in [-0.05, 0) is 36.8 Å². The van der Waals surface area contributed by atoms with Crippen LogP contribution in [0.1, 0.15) is 25.3 Å². The molecule has 0 amide bonds. The third-order valence-electron chi connectivity index (χ3n) is 3.04. The SMILES string of the molecule is CCCCn1nc(NC(N)=S)c2cc(C(F)(F)F)ccc21. The number of hydrogen-bond donors (Lipinski definition) is 2. The summed E-state index contributed by atoms with van der Waals surface area (Å²) in [5.74, 6) is 0.250. The Balaban J connectivity index is 2.55. The molecule has 0 aliphatic carbocycles. The summed E-state index contributed by atoms with van der Waals surface area (Å²) in [6, 6.07) is 3.54. The van der Waals surface area contributed by atoms with E-state index >= 15 is 0 Å². The summed E-state index contributed by atoms with van der Waals surface area (Å²) in [5, 5.41) is 7.22. The number of rotatable bonds is 4. The maximum atomic E-state index is 12.8. The standard InChI is InChI=1S/C13H15F3N4S/c1-2-3-6-20-10-5-4-8(13(14,15)16)7-9(10)11(19-20)18-12(17)21/h4-5,7H,2-3,6H2,1H3,(H3,17,18,19,21). The first-order valence-corrected chi connectivity index (χ1v) is 6.88. The average molecular weight is 316 g/mol. The third-order valence-corrected chi connectivity index (χ3v) is 3.14. The van der Waals surface area contributed by atoms with Crippen LogP contribution in [0.15, 0.2) is 18.2 Å². The minimum Gasteiger partial charge on any atom is -0.376 e. The molecule has 1 heterocycles. The molecule has 8 heteroatoms. The zero-order valence-corrected chi connectivity index (χ0v) is 12.2. The number of aryl methyl sites for hydroxylation is 1. The molecule has 2 aromatic rings. The maximum absolute atomic E-state index is 12.8. The van der Waals surface area contributed by atoms with Crippen molar-refractivity contribution < 1.29 is 13.2 Å². The molecule has 1 aromatic heterocycles. The predicted molar refractivity (Wildman–Crippen MR) is 80.1 cm³/mol. The van der Waals surface area contributed by atoms with Crippen molar-refractivity contribution in [2.45, 2.75) is 32.5 Å². The van der Waals surface area contributed by atoms with Gasteiger partial charge in [0.2, 0.25) is 0 Å². The van der Waals surface area contributed by atoms with Gasteiger partial charge in [-0.3, -0.25) is 4.68 Å². The molecule has 0 saturated heterocycles. The average Bonchev–Trinajstić information content (AvgIpc) is 2.72. The summed E-state index contributed by atoms with van der Waals surface area (Å²) in [4.78, 5) is 0. The van der Waals surface area contributed by atoms with Crippen LogP contribution in [-0.2, 0) is 12.7 Å². The number of halogens is 3. The Morgan fingerprint density at radius 2 is 2.14 bits per heavy atom. The monoisotopic (exact) mass is 316 g/mol. The summed E-state index contributed by atoms with van der Waals surface area (Å²) in [5.41, 5.74) is 5.29. The Labute approximate surface area is 125 Å². The van der Waals surface area contributed by atoms with Crippen LogP contribution in [0.5, 0.6) is 0 Å². The van der Waals surface area contributed by atoms with Gasteiger partial charge in [0.05, 0.1) is 11.1 Å². The molecule has 0 radical (unpaired) electrons. The smallest absolute Gasteiger partial charge is 0.376 e. The number of anilines is 1. The van der Waals surface area contributed by atoms with Crippen LogP contribution < -0.4 is 11.1 Å². The summed E-state index contributed by atoms with van der Waals surface area (Å²) in [6.45, 7) is 2.65. The van der Waals surface area contributed by atoms with Crippen LogP contribution >= 0.6 is 12.2 Å². The second kappa shape index (κ2) is 5.88. The van der Waals surface area contributed by atoms with E-state index < -0.39 is 11.7 Å². The van der Waals surface area contributed by atoms with Crippen LogP contribution in [0, 0.1) is 0 Å². The number of nitrogens with two attached hydrogens (primary N) is 1. The molecule has 114 valence electrons. The number of aromatic nitrogens is 2. The van der Waals surface area contributed by atoms with Gasteiger partial charge in [-0.25, -0.2) is 0 Å². The number of fused-ring (bicyclic) bond motifs is 1. The van der Waals surface area contributed by atoms with Gasteiger partial charge in [-0.1, -0.05) is 13.3 Å². The van der Waals surface area contributed by atoms with Gasteiger partial charge in [0, 0.05) is 11.9 Å². The van der Waals surface area contributed by atoms with Crippen LogP contribution in [0.3, 0.4) is 0 Å². The van der Waals surface area contributed by atoms with Gasteiger partial charge < -0.3 is 11.1 Å². The van der Waals surface area contributed by atoms with E-state index in [2.05, 4.69) is 10.4 Å². The molecule has 3 N–H and O–H groups in total. The van der Waals surface area contributed by atoms with Crippen LogP contribution in [0.25, 0.3) is 10.9 Å². The molecule has 1 aromatic carbocycles. The highest BCUT2D eigenvalue weighted by molar-refractivity contribution is 7.80. The van der Waals surface area contributed by atoms with E-state index in [9.17, 15) is 13.2 Å². The van der Waals surface area contributed by atoms with Crippen LogP contribution in [0.4, 0.5) is 19.0 Å².